The van der Waals surface area contributed by atoms with Crippen LogP contribution in [-0.2, 0) is 11.3 Å². The lowest BCUT2D eigenvalue weighted by atomic mass is 10.2. The van der Waals surface area contributed by atoms with E-state index in [9.17, 15) is 0 Å². The fourth-order valence-corrected chi connectivity index (χ4v) is 2.27. The molecular formula is C18H32IN3O2. The third-order valence-electron chi connectivity index (χ3n) is 3.54. The zero-order chi connectivity index (χ0) is 16.9. The Balaban J connectivity index is 0.00000529. The van der Waals surface area contributed by atoms with Crippen LogP contribution in [0.1, 0.15) is 31.7 Å². The third-order valence-corrected chi connectivity index (χ3v) is 3.54. The van der Waals surface area contributed by atoms with Crippen molar-refractivity contribution in [3.05, 3.63) is 29.8 Å². The molecule has 6 heteroatoms. The number of aliphatic imine (C=N–C) groups is 1. The second kappa shape index (κ2) is 14.3. The highest BCUT2D eigenvalue weighted by atomic mass is 127. The molecule has 24 heavy (non-hydrogen) atoms. The molecule has 0 atom stereocenters. The number of guanidine groups is 1. The van der Waals surface area contributed by atoms with Gasteiger partial charge < -0.3 is 19.7 Å². The Labute approximate surface area is 163 Å². The maximum atomic E-state index is 5.19. The van der Waals surface area contributed by atoms with E-state index >= 15 is 0 Å². The molecule has 0 spiro atoms. The van der Waals surface area contributed by atoms with E-state index in [0.717, 1.165) is 57.2 Å². The standard InChI is InChI=1S/C18H31N3O2.HI/c1-5-19-18(20-13-7-6-8-14-22-3)21(2)15-16-9-11-17(23-4)12-10-16;/h9-12H,5-8,13-15H2,1-4H3,(H,19,20);1H. The van der Waals surface area contributed by atoms with Crippen LogP contribution in [0, 0.1) is 0 Å². The molecule has 1 N–H and O–H groups in total. The number of ether oxygens (including phenoxy) is 2. The van der Waals surface area contributed by atoms with Crippen molar-refractivity contribution in [2.75, 3.05) is 41.0 Å². The van der Waals surface area contributed by atoms with Gasteiger partial charge in [-0.3, -0.25) is 4.99 Å². The first-order chi connectivity index (χ1) is 11.2. The van der Waals surface area contributed by atoms with Gasteiger partial charge in [0, 0.05) is 40.4 Å². The van der Waals surface area contributed by atoms with Crippen molar-refractivity contribution in [3.63, 3.8) is 0 Å². The maximum absolute atomic E-state index is 5.19. The highest BCUT2D eigenvalue weighted by molar-refractivity contribution is 14.0. The second-order valence-electron chi connectivity index (χ2n) is 5.49. The molecule has 0 saturated carbocycles. The van der Waals surface area contributed by atoms with Gasteiger partial charge in [-0.25, -0.2) is 0 Å². The lowest BCUT2D eigenvalue weighted by molar-refractivity contribution is 0.192. The Hall–Kier alpha value is -1.02. The quantitative estimate of drug-likeness (QED) is 0.257. The SMILES string of the molecule is CCNC(=NCCCCCOC)N(C)Cc1ccc(OC)cc1.I. The van der Waals surface area contributed by atoms with Gasteiger partial charge in [-0.1, -0.05) is 12.1 Å². The summed E-state index contributed by atoms with van der Waals surface area (Å²) >= 11 is 0. The summed E-state index contributed by atoms with van der Waals surface area (Å²) in [4.78, 5) is 6.86. The smallest absolute Gasteiger partial charge is 0.193 e. The van der Waals surface area contributed by atoms with Crippen LogP contribution in [0.2, 0.25) is 0 Å². The zero-order valence-electron chi connectivity index (χ0n) is 15.4. The number of nitrogens with zero attached hydrogens (tertiary/aromatic N) is 2. The highest BCUT2D eigenvalue weighted by Gasteiger charge is 2.06. The number of benzene rings is 1. The third kappa shape index (κ3) is 9.32. The summed E-state index contributed by atoms with van der Waals surface area (Å²) in [7, 11) is 5.50. The van der Waals surface area contributed by atoms with E-state index in [2.05, 4.69) is 36.3 Å². The Morgan fingerprint density at radius 2 is 1.83 bits per heavy atom. The molecule has 0 fully saturated rings. The van der Waals surface area contributed by atoms with Gasteiger partial charge in [0.05, 0.1) is 7.11 Å². The van der Waals surface area contributed by atoms with E-state index in [-0.39, 0.29) is 24.0 Å². The van der Waals surface area contributed by atoms with Crippen LogP contribution in [0.25, 0.3) is 0 Å². The summed E-state index contributed by atoms with van der Waals surface area (Å²) in [5, 5.41) is 3.35. The van der Waals surface area contributed by atoms with Crippen LogP contribution >= 0.6 is 24.0 Å². The predicted octanol–water partition coefficient (Wildman–Crippen LogP) is 3.53. The van der Waals surface area contributed by atoms with Crippen molar-refractivity contribution >= 4 is 29.9 Å². The molecule has 0 radical (unpaired) electrons. The zero-order valence-corrected chi connectivity index (χ0v) is 17.7. The average Bonchev–Trinajstić information content (AvgIpc) is 2.57. The molecule has 0 heterocycles. The monoisotopic (exact) mass is 449 g/mol. The van der Waals surface area contributed by atoms with Gasteiger partial charge >= 0.3 is 0 Å². The van der Waals surface area contributed by atoms with E-state index in [1.165, 1.54) is 5.56 Å². The molecule has 0 aromatic heterocycles. The average molecular weight is 449 g/mol. The molecule has 1 aromatic carbocycles. The van der Waals surface area contributed by atoms with Crippen molar-refractivity contribution in [3.8, 4) is 5.75 Å². The number of halogens is 1. The summed E-state index contributed by atoms with van der Waals surface area (Å²) < 4.78 is 10.3. The fourth-order valence-electron chi connectivity index (χ4n) is 2.27. The first-order valence-electron chi connectivity index (χ1n) is 8.32. The molecular weight excluding hydrogens is 417 g/mol. The summed E-state index contributed by atoms with van der Waals surface area (Å²) in [6.45, 7) is 5.46. The molecule has 0 aliphatic carbocycles. The Bertz CT molecular complexity index is 452. The Morgan fingerprint density at radius 3 is 2.42 bits per heavy atom. The predicted molar refractivity (Wildman–Crippen MR) is 112 cm³/mol. The molecule has 1 aromatic rings. The second-order valence-corrected chi connectivity index (χ2v) is 5.49. The minimum absolute atomic E-state index is 0. The molecule has 0 aliphatic rings. The maximum Gasteiger partial charge on any atom is 0.193 e. The van der Waals surface area contributed by atoms with Crippen molar-refractivity contribution in [1.82, 2.24) is 10.2 Å². The van der Waals surface area contributed by atoms with E-state index in [0.29, 0.717) is 0 Å². The number of rotatable bonds is 10. The fraction of sp³-hybridized carbons (Fsp3) is 0.611. The summed E-state index contributed by atoms with van der Waals surface area (Å²) in [5.41, 5.74) is 1.24. The van der Waals surface area contributed by atoms with Gasteiger partial charge in [0.1, 0.15) is 5.75 Å². The molecule has 5 nitrogen and oxygen atoms in total. The van der Waals surface area contributed by atoms with Gasteiger partial charge in [-0.2, -0.15) is 0 Å². The van der Waals surface area contributed by atoms with Gasteiger partial charge in [-0.15, -0.1) is 24.0 Å². The molecule has 0 saturated heterocycles. The summed E-state index contributed by atoms with van der Waals surface area (Å²) in [6.07, 6.45) is 3.35. The lowest BCUT2D eigenvalue weighted by Crippen LogP contribution is -2.38. The minimum Gasteiger partial charge on any atom is -0.497 e. The first-order valence-corrected chi connectivity index (χ1v) is 8.32. The minimum atomic E-state index is 0. The first kappa shape index (κ1) is 23.0. The van der Waals surface area contributed by atoms with Crippen molar-refractivity contribution in [2.24, 2.45) is 4.99 Å². The van der Waals surface area contributed by atoms with Crippen molar-refractivity contribution < 1.29 is 9.47 Å². The van der Waals surface area contributed by atoms with Crippen molar-refractivity contribution in [2.45, 2.75) is 32.7 Å². The Morgan fingerprint density at radius 1 is 1.12 bits per heavy atom. The summed E-state index contributed by atoms with van der Waals surface area (Å²) in [5.74, 6) is 1.84. The number of methoxy groups -OCH3 is 2. The number of nitrogens with one attached hydrogen (secondary N) is 1. The number of hydrogen-bond acceptors (Lipinski definition) is 3. The van der Waals surface area contributed by atoms with E-state index in [4.69, 9.17) is 14.5 Å². The molecule has 1 rings (SSSR count). The largest absolute Gasteiger partial charge is 0.497 e. The van der Waals surface area contributed by atoms with Crippen LogP contribution in [0.5, 0.6) is 5.75 Å². The van der Waals surface area contributed by atoms with Gasteiger partial charge in [-0.05, 0) is 43.9 Å². The summed E-state index contributed by atoms with van der Waals surface area (Å²) in [6, 6.07) is 8.15. The van der Waals surface area contributed by atoms with Gasteiger partial charge in [0.15, 0.2) is 5.96 Å². The van der Waals surface area contributed by atoms with E-state index in [1.807, 2.05) is 12.1 Å². The molecule has 0 unspecified atom stereocenters. The topological polar surface area (TPSA) is 46.1 Å². The van der Waals surface area contributed by atoms with E-state index < -0.39 is 0 Å². The van der Waals surface area contributed by atoms with Crippen LogP contribution in [0.3, 0.4) is 0 Å². The number of hydrogen-bond donors (Lipinski definition) is 1. The Kier molecular flexibility index (Phi) is 13.7. The van der Waals surface area contributed by atoms with Crippen LogP contribution in [0.15, 0.2) is 29.3 Å². The van der Waals surface area contributed by atoms with Crippen LogP contribution < -0.4 is 10.1 Å². The normalized spacial score (nSPS) is 10.9. The lowest BCUT2D eigenvalue weighted by Gasteiger charge is -2.22. The number of unbranched alkanes of at least 4 members (excludes halogenated alkanes) is 2. The molecule has 0 aliphatic heterocycles. The van der Waals surface area contributed by atoms with Gasteiger partial charge in [0.2, 0.25) is 0 Å². The van der Waals surface area contributed by atoms with E-state index in [1.54, 1.807) is 14.2 Å². The van der Waals surface area contributed by atoms with Crippen LogP contribution in [-0.4, -0.2) is 51.8 Å². The highest BCUT2D eigenvalue weighted by Crippen LogP contribution is 2.12. The molecule has 0 bridgehead atoms. The van der Waals surface area contributed by atoms with Crippen molar-refractivity contribution in [1.29, 1.82) is 0 Å². The molecule has 0 amide bonds. The molecule has 138 valence electrons. The van der Waals surface area contributed by atoms with Crippen LogP contribution in [0.4, 0.5) is 0 Å². The van der Waals surface area contributed by atoms with Gasteiger partial charge in [0.25, 0.3) is 0 Å².